The topological polar surface area (TPSA) is 35.5 Å². The summed E-state index contributed by atoms with van der Waals surface area (Å²) in [4.78, 5) is 2.11. The minimum absolute atomic E-state index is 0.0588. The molecular weight excluding hydrogens is 267 g/mol. The highest BCUT2D eigenvalue weighted by Crippen LogP contribution is 2.24. The van der Waals surface area contributed by atoms with Gasteiger partial charge >= 0.3 is 0 Å². The third kappa shape index (κ3) is 4.20. The molecule has 0 bridgehead atoms. The molecule has 1 unspecified atom stereocenters. The van der Waals surface area contributed by atoms with Gasteiger partial charge in [-0.3, -0.25) is 0 Å². The number of hydrogen-bond acceptors (Lipinski definition) is 3. The lowest BCUT2D eigenvalue weighted by atomic mass is 10.1. The first-order chi connectivity index (χ1) is 9.95. The van der Waals surface area contributed by atoms with Crippen molar-refractivity contribution < 1.29 is 9.50 Å². The number of nitrogens with one attached hydrogen (secondary N) is 1. The van der Waals surface area contributed by atoms with E-state index in [9.17, 15) is 9.50 Å². The fourth-order valence-electron chi connectivity index (χ4n) is 2.27. The fourth-order valence-corrected chi connectivity index (χ4v) is 2.27. The van der Waals surface area contributed by atoms with Gasteiger partial charge in [0.25, 0.3) is 0 Å². The Morgan fingerprint density at radius 1 is 1.14 bits per heavy atom. The van der Waals surface area contributed by atoms with Crippen molar-refractivity contribution in [3.05, 3.63) is 59.4 Å². The molecular formula is C17H21FN2O. The highest BCUT2D eigenvalue weighted by atomic mass is 19.1. The van der Waals surface area contributed by atoms with Crippen LogP contribution in [0.5, 0.6) is 5.75 Å². The number of rotatable bonds is 5. The third-order valence-electron chi connectivity index (χ3n) is 3.29. The molecule has 2 N–H and O–H groups in total. The molecule has 0 amide bonds. The molecule has 2 aromatic carbocycles. The van der Waals surface area contributed by atoms with Gasteiger partial charge in [0.1, 0.15) is 11.6 Å². The van der Waals surface area contributed by atoms with Gasteiger partial charge in [-0.15, -0.1) is 0 Å². The van der Waals surface area contributed by atoms with Gasteiger partial charge in [0.05, 0.1) is 6.04 Å². The predicted molar refractivity (Wildman–Crippen MR) is 83.9 cm³/mol. The molecule has 0 spiro atoms. The zero-order valence-corrected chi connectivity index (χ0v) is 12.6. The Balaban J connectivity index is 2.06. The molecule has 4 heteroatoms. The molecule has 0 radical (unpaired) electrons. The second-order valence-corrected chi connectivity index (χ2v) is 5.51. The van der Waals surface area contributed by atoms with Crippen LogP contribution < -0.4 is 5.32 Å². The van der Waals surface area contributed by atoms with Crippen molar-refractivity contribution in [2.75, 3.05) is 19.4 Å². The van der Waals surface area contributed by atoms with E-state index in [-0.39, 0.29) is 11.8 Å². The van der Waals surface area contributed by atoms with Crippen LogP contribution in [0.1, 0.15) is 24.1 Å². The van der Waals surface area contributed by atoms with Crippen LogP contribution >= 0.6 is 0 Å². The quantitative estimate of drug-likeness (QED) is 0.879. The van der Waals surface area contributed by atoms with Gasteiger partial charge in [-0.25, -0.2) is 4.39 Å². The van der Waals surface area contributed by atoms with Gasteiger partial charge < -0.3 is 15.3 Å². The molecule has 0 aromatic heterocycles. The van der Waals surface area contributed by atoms with E-state index in [1.165, 1.54) is 11.6 Å². The summed E-state index contributed by atoms with van der Waals surface area (Å²) in [6.45, 7) is 2.78. The standard InChI is InChI=1S/C17H21FN2O/c1-12(16-9-8-15(21)10-17(16)18)19-14-6-4-13(5-7-14)11-20(2)3/h4-10,12,19,21H,11H2,1-3H3. The summed E-state index contributed by atoms with van der Waals surface area (Å²) in [5, 5.41) is 12.5. The van der Waals surface area contributed by atoms with Crippen LogP contribution in [0.25, 0.3) is 0 Å². The molecule has 1 atom stereocenters. The molecule has 2 rings (SSSR count). The van der Waals surface area contributed by atoms with Crippen LogP contribution in [-0.2, 0) is 6.54 Å². The lowest BCUT2D eigenvalue weighted by molar-refractivity contribution is 0.402. The van der Waals surface area contributed by atoms with E-state index in [1.54, 1.807) is 6.07 Å². The van der Waals surface area contributed by atoms with Gasteiger partial charge in [0, 0.05) is 23.9 Å². The summed E-state index contributed by atoms with van der Waals surface area (Å²) >= 11 is 0. The monoisotopic (exact) mass is 288 g/mol. The number of nitrogens with zero attached hydrogens (tertiary/aromatic N) is 1. The normalized spacial score (nSPS) is 12.4. The zero-order chi connectivity index (χ0) is 15.4. The Kier molecular flexibility index (Phi) is 4.81. The van der Waals surface area contributed by atoms with Crippen LogP contribution in [-0.4, -0.2) is 24.1 Å². The first-order valence-electron chi connectivity index (χ1n) is 6.94. The van der Waals surface area contributed by atoms with E-state index in [0.29, 0.717) is 5.56 Å². The molecule has 0 heterocycles. The number of halogens is 1. The average Bonchev–Trinajstić information content (AvgIpc) is 2.40. The summed E-state index contributed by atoms with van der Waals surface area (Å²) in [7, 11) is 4.06. The minimum Gasteiger partial charge on any atom is -0.508 e. The highest BCUT2D eigenvalue weighted by molar-refractivity contribution is 5.47. The van der Waals surface area contributed by atoms with Gasteiger partial charge in [0.15, 0.2) is 0 Å². The summed E-state index contributed by atoms with van der Waals surface area (Å²) in [5.74, 6) is -0.462. The van der Waals surface area contributed by atoms with Crippen LogP contribution in [0.15, 0.2) is 42.5 Å². The van der Waals surface area contributed by atoms with E-state index < -0.39 is 5.82 Å². The van der Waals surface area contributed by atoms with Crippen molar-refractivity contribution in [3.63, 3.8) is 0 Å². The van der Waals surface area contributed by atoms with E-state index in [2.05, 4.69) is 22.3 Å². The van der Waals surface area contributed by atoms with Crippen LogP contribution in [0.4, 0.5) is 10.1 Å². The SMILES string of the molecule is CC(Nc1ccc(CN(C)C)cc1)c1ccc(O)cc1F. The molecule has 3 nitrogen and oxygen atoms in total. The summed E-state index contributed by atoms with van der Waals surface area (Å²) in [5.41, 5.74) is 2.71. The molecule has 2 aromatic rings. The number of hydrogen-bond donors (Lipinski definition) is 2. The summed E-state index contributed by atoms with van der Waals surface area (Å²) < 4.78 is 13.8. The van der Waals surface area contributed by atoms with Crippen LogP contribution in [0, 0.1) is 5.82 Å². The van der Waals surface area contributed by atoms with Gasteiger partial charge in [-0.1, -0.05) is 18.2 Å². The van der Waals surface area contributed by atoms with Crippen molar-refractivity contribution in [2.24, 2.45) is 0 Å². The van der Waals surface area contributed by atoms with Crippen molar-refractivity contribution >= 4 is 5.69 Å². The molecule has 0 saturated carbocycles. The van der Waals surface area contributed by atoms with Crippen LogP contribution in [0.2, 0.25) is 0 Å². The average molecular weight is 288 g/mol. The molecule has 0 aliphatic rings. The molecule has 0 saturated heterocycles. The van der Waals surface area contributed by atoms with Crippen molar-refractivity contribution in [1.82, 2.24) is 4.90 Å². The lowest BCUT2D eigenvalue weighted by Gasteiger charge is -2.17. The molecule has 0 fully saturated rings. The Morgan fingerprint density at radius 3 is 2.38 bits per heavy atom. The van der Waals surface area contributed by atoms with E-state index in [1.807, 2.05) is 33.2 Å². The van der Waals surface area contributed by atoms with Gasteiger partial charge in [-0.2, -0.15) is 0 Å². The zero-order valence-electron chi connectivity index (χ0n) is 12.6. The smallest absolute Gasteiger partial charge is 0.132 e. The van der Waals surface area contributed by atoms with Crippen molar-refractivity contribution in [2.45, 2.75) is 19.5 Å². The van der Waals surface area contributed by atoms with E-state index in [0.717, 1.165) is 18.3 Å². The lowest BCUT2D eigenvalue weighted by Crippen LogP contribution is -2.11. The first-order valence-corrected chi connectivity index (χ1v) is 6.94. The van der Waals surface area contributed by atoms with E-state index in [4.69, 9.17) is 0 Å². The summed E-state index contributed by atoms with van der Waals surface area (Å²) in [6.07, 6.45) is 0. The summed E-state index contributed by atoms with van der Waals surface area (Å²) in [6, 6.07) is 12.2. The first kappa shape index (κ1) is 15.3. The fraction of sp³-hybridized carbons (Fsp3) is 0.294. The maximum Gasteiger partial charge on any atom is 0.132 e. The number of phenolic OH excluding ortho intramolecular Hbond substituents is 1. The number of benzene rings is 2. The number of phenols is 1. The Labute approximate surface area is 125 Å². The van der Waals surface area contributed by atoms with Gasteiger partial charge in [-0.05, 0) is 44.8 Å². The highest BCUT2D eigenvalue weighted by Gasteiger charge is 2.11. The second kappa shape index (κ2) is 6.59. The third-order valence-corrected chi connectivity index (χ3v) is 3.29. The maximum absolute atomic E-state index is 13.8. The molecule has 0 aliphatic heterocycles. The second-order valence-electron chi connectivity index (χ2n) is 5.51. The van der Waals surface area contributed by atoms with E-state index >= 15 is 0 Å². The number of anilines is 1. The Hall–Kier alpha value is -2.07. The molecule has 0 aliphatic carbocycles. The largest absolute Gasteiger partial charge is 0.508 e. The predicted octanol–water partition coefficient (Wildman–Crippen LogP) is 3.77. The Morgan fingerprint density at radius 2 is 1.81 bits per heavy atom. The Bertz CT molecular complexity index is 596. The van der Waals surface area contributed by atoms with Crippen LogP contribution in [0.3, 0.4) is 0 Å². The van der Waals surface area contributed by atoms with Crippen molar-refractivity contribution in [1.29, 1.82) is 0 Å². The minimum atomic E-state index is -0.403. The number of aromatic hydroxyl groups is 1. The van der Waals surface area contributed by atoms with Crippen molar-refractivity contribution in [3.8, 4) is 5.75 Å². The molecule has 21 heavy (non-hydrogen) atoms. The van der Waals surface area contributed by atoms with Gasteiger partial charge in [0.2, 0.25) is 0 Å². The maximum atomic E-state index is 13.8. The molecule has 112 valence electrons.